The zero-order chi connectivity index (χ0) is 25.9. The molecule has 0 saturated carbocycles. The smallest absolute Gasteiger partial charge is 0.312 e. The highest BCUT2D eigenvalue weighted by molar-refractivity contribution is 5.78. The minimum Gasteiger partial charge on any atom is -0.481 e. The SMILES string of the molecule is CCCCCCCCCCCCCCCCCC(C[C@@H]1OC(=O)[C@H]1CC)[C@H](CCC(N)=O)C(=O)O. The highest BCUT2D eigenvalue weighted by atomic mass is 16.6. The lowest BCUT2D eigenvalue weighted by Gasteiger charge is -2.38. The van der Waals surface area contributed by atoms with Gasteiger partial charge in [-0.2, -0.15) is 0 Å². The molecule has 6 heteroatoms. The molecular weight excluding hydrogens is 442 g/mol. The van der Waals surface area contributed by atoms with Crippen molar-refractivity contribution >= 4 is 17.8 Å². The molecule has 3 N–H and O–H groups in total. The number of rotatable bonds is 24. The van der Waals surface area contributed by atoms with Crippen molar-refractivity contribution in [1.29, 1.82) is 0 Å². The van der Waals surface area contributed by atoms with Gasteiger partial charge in [0.2, 0.25) is 5.91 Å². The van der Waals surface area contributed by atoms with E-state index in [0.717, 1.165) is 19.3 Å². The summed E-state index contributed by atoms with van der Waals surface area (Å²) in [6, 6.07) is 0. The number of aliphatic carboxylic acids is 1. The molecule has 6 nitrogen and oxygen atoms in total. The summed E-state index contributed by atoms with van der Waals surface area (Å²) in [6.45, 7) is 4.22. The van der Waals surface area contributed by atoms with Crippen molar-refractivity contribution in [3.63, 3.8) is 0 Å². The topological polar surface area (TPSA) is 107 Å². The molecule has 1 saturated heterocycles. The third-order valence-corrected chi connectivity index (χ3v) is 7.76. The number of hydrogen-bond donors (Lipinski definition) is 2. The molecule has 1 fully saturated rings. The highest BCUT2D eigenvalue weighted by Crippen LogP contribution is 2.36. The second-order valence-electron chi connectivity index (χ2n) is 10.7. The Bertz CT molecular complexity index is 594. The number of hydrogen-bond acceptors (Lipinski definition) is 4. The van der Waals surface area contributed by atoms with E-state index in [4.69, 9.17) is 10.5 Å². The van der Waals surface area contributed by atoms with Gasteiger partial charge in [-0.15, -0.1) is 0 Å². The van der Waals surface area contributed by atoms with Crippen LogP contribution in [0.15, 0.2) is 0 Å². The number of amides is 1. The van der Waals surface area contributed by atoms with Crippen LogP contribution in [0.1, 0.15) is 142 Å². The Kier molecular flexibility index (Phi) is 17.6. The molecule has 204 valence electrons. The number of unbranched alkanes of at least 4 members (excludes halogenated alkanes) is 14. The molecule has 0 radical (unpaired) electrons. The number of primary amides is 1. The number of ether oxygens (including phenoxy) is 1. The Morgan fingerprint density at radius 2 is 1.31 bits per heavy atom. The fourth-order valence-electron chi connectivity index (χ4n) is 5.46. The molecule has 1 amide bonds. The van der Waals surface area contributed by atoms with E-state index in [1.165, 1.54) is 83.5 Å². The van der Waals surface area contributed by atoms with Crippen molar-refractivity contribution in [2.45, 2.75) is 148 Å². The van der Waals surface area contributed by atoms with E-state index in [1.807, 2.05) is 6.92 Å². The number of carbonyl (C=O) groups is 3. The van der Waals surface area contributed by atoms with Gasteiger partial charge >= 0.3 is 11.9 Å². The first kappa shape index (κ1) is 31.4. The van der Waals surface area contributed by atoms with Crippen molar-refractivity contribution in [3.8, 4) is 0 Å². The predicted molar refractivity (Wildman–Crippen MR) is 141 cm³/mol. The van der Waals surface area contributed by atoms with Crippen molar-refractivity contribution in [3.05, 3.63) is 0 Å². The quantitative estimate of drug-likeness (QED) is 0.109. The van der Waals surface area contributed by atoms with Crippen LogP contribution in [-0.4, -0.2) is 29.1 Å². The van der Waals surface area contributed by atoms with Crippen molar-refractivity contribution in [2.24, 2.45) is 23.5 Å². The highest BCUT2D eigenvalue weighted by Gasteiger charge is 2.43. The van der Waals surface area contributed by atoms with Gasteiger partial charge in [0.05, 0.1) is 11.8 Å². The van der Waals surface area contributed by atoms with Gasteiger partial charge in [0.15, 0.2) is 0 Å². The van der Waals surface area contributed by atoms with E-state index >= 15 is 0 Å². The normalized spacial score (nSPS) is 19.1. The lowest BCUT2D eigenvalue weighted by molar-refractivity contribution is -0.187. The zero-order valence-electron chi connectivity index (χ0n) is 22.6. The van der Waals surface area contributed by atoms with E-state index in [0.29, 0.717) is 12.8 Å². The average molecular weight is 496 g/mol. The molecule has 1 heterocycles. The van der Waals surface area contributed by atoms with Crippen LogP contribution < -0.4 is 5.73 Å². The monoisotopic (exact) mass is 495 g/mol. The molecule has 1 rings (SSSR count). The first-order valence-corrected chi connectivity index (χ1v) is 14.6. The molecule has 0 spiro atoms. The maximum absolute atomic E-state index is 12.0. The Labute approximate surface area is 214 Å². The largest absolute Gasteiger partial charge is 0.481 e. The number of nitrogens with two attached hydrogens (primary N) is 1. The Morgan fingerprint density at radius 3 is 1.71 bits per heavy atom. The van der Waals surface area contributed by atoms with Gasteiger partial charge in [0, 0.05) is 6.42 Å². The summed E-state index contributed by atoms with van der Waals surface area (Å²) >= 11 is 0. The Hall–Kier alpha value is -1.59. The molecule has 0 aliphatic carbocycles. The molecule has 1 aliphatic rings. The van der Waals surface area contributed by atoms with Gasteiger partial charge in [-0.1, -0.05) is 110 Å². The Balaban J connectivity index is 2.24. The molecular formula is C29H53NO5. The van der Waals surface area contributed by atoms with E-state index < -0.39 is 17.8 Å². The van der Waals surface area contributed by atoms with Gasteiger partial charge in [-0.25, -0.2) is 0 Å². The van der Waals surface area contributed by atoms with Crippen LogP contribution in [0.25, 0.3) is 0 Å². The number of esters is 1. The molecule has 1 unspecified atom stereocenters. The summed E-state index contributed by atoms with van der Waals surface area (Å²) in [7, 11) is 0. The molecule has 0 aromatic carbocycles. The van der Waals surface area contributed by atoms with E-state index in [-0.39, 0.29) is 36.8 Å². The summed E-state index contributed by atoms with van der Waals surface area (Å²) < 4.78 is 5.33. The van der Waals surface area contributed by atoms with Crippen LogP contribution in [-0.2, 0) is 19.1 Å². The summed E-state index contributed by atoms with van der Waals surface area (Å²) in [6.07, 6.45) is 21.7. The number of cyclic esters (lactones) is 1. The van der Waals surface area contributed by atoms with E-state index in [2.05, 4.69) is 6.92 Å². The number of carboxylic acid groups (broad SMARTS) is 1. The summed E-state index contributed by atoms with van der Waals surface area (Å²) in [5.41, 5.74) is 5.28. The second-order valence-corrected chi connectivity index (χ2v) is 10.7. The van der Waals surface area contributed by atoms with Crippen LogP contribution >= 0.6 is 0 Å². The van der Waals surface area contributed by atoms with Crippen LogP contribution in [0.3, 0.4) is 0 Å². The van der Waals surface area contributed by atoms with Crippen LogP contribution in [0.4, 0.5) is 0 Å². The van der Waals surface area contributed by atoms with Gasteiger partial charge in [-0.3, -0.25) is 14.4 Å². The zero-order valence-corrected chi connectivity index (χ0v) is 22.6. The maximum atomic E-state index is 12.0. The van der Waals surface area contributed by atoms with Gasteiger partial charge in [0.1, 0.15) is 6.10 Å². The molecule has 35 heavy (non-hydrogen) atoms. The first-order valence-electron chi connectivity index (χ1n) is 14.6. The second kappa shape index (κ2) is 19.6. The minimum atomic E-state index is -0.879. The lowest BCUT2D eigenvalue weighted by Crippen LogP contribution is -2.46. The fourth-order valence-corrected chi connectivity index (χ4v) is 5.46. The molecule has 4 atom stereocenters. The Morgan fingerprint density at radius 1 is 0.829 bits per heavy atom. The molecule has 1 aliphatic heterocycles. The summed E-state index contributed by atoms with van der Waals surface area (Å²) in [4.78, 5) is 34.9. The van der Waals surface area contributed by atoms with Crippen molar-refractivity contribution in [1.82, 2.24) is 0 Å². The van der Waals surface area contributed by atoms with E-state index in [9.17, 15) is 19.5 Å². The minimum absolute atomic E-state index is 0.0774. The third kappa shape index (κ3) is 13.9. The predicted octanol–water partition coefficient (Wildman–Crippen LogP) is 7.17. The van der Waals surface area contributed by atoms with Crippen molar-refractivity contribution < 1.29 is 24.2 Å². The van der Waals surface area contributed by atoms with Gasteiger partial charge < -0.3 is 15.6 Å². The summed E-state index contributed by atoms with van der Waals surface area (Å²) in [5, 5.41) is 9.80. The van der Waals surface area contributed by atoms with Crippen LogP contribution in [0, 0.1) is 17.8 Å². The third-order valence-electron chi connectivity index (χ3n) is 7.76. The standard InChI is InChI=1S/C29H53NO5/c1-3-5-6-7-8-9-10-11-12-13-14-15-16-17-18-19-23(22-26-24(4-2)29(34)35-26)25(28(32)33)20-21-27(30)31/h23-26H,3-22H2,1-2H3,(H2,30,31)(H,32,33)/t23?,24-,25-,26-/m0/s1. The van der Waals surface area contributed by atoms with E-state index in [1.54, 1.807) is 0 Å². The average Bonchev–Trinajstić information content (AvgIpc) is 2.80. The van der Waals surface area contributed by atoms with Gasteiger partial charge in [0.25, 0.3) is 0 Å². The first-order chi connectivity index (χ1) is 16.9. The van der Waals surface area contributed by atoms with Crippen molar-refractivity contribution in [2.75, 3.05) is 0 Å². The molecule has 0 bridgehead atoms. The number of carbonyl (C=O) groups excluding carboxylic acids is 2. The van der Waals surface area contributed by atoms with Crippen LogP contribution in [0.2, 0.25) is 0 Å². The van der Waals surface area contributed by atoms with Crippen LogP contribution in [0.5, 0.6) is 0 Å². The molecule has 0 aromatic heterocycles. The maximum Gasteiger partial charge on any atom is 0.312 e. The summed E-state index contributed by atoms with van der Waals surface area (Å²) in [5.74, 6) is -2.36. The lowest BCUT2D eigenvalue weighted by atomic mass is 9.77. The molecule has 0 aromatic rings. The number of carboxylic acids is 1. The van der Waals surface area contributed by atoms with Gasteiger partial charge in [-0.05, 0) is 31.6 Å². The fraction of sp³-hybridized carbons (Fsp3) is 0.897.